The van der Waals surface area contributed by atoms with Crippen LogP contribution in [0.5, 0.6) is 0 Å². The second-order valence-corrected chi connectivity index (χ2v) is 7.24. The van der Waals surface area contributed by atoms with Gasteiger partial charge in [-0.3, -0.25) is 4.79 Å². The van der Waals surface area contributed by atoms with Gasteiger partial charge in [-0.1, -0.05) is 24.8 Å². The first-order valence-electron chi connectivity index (χ1n) is 9.32. The minimum atomic E-state index is -0.100. The van der Waals surface area contributed by atoms with Gasteiger partial charge in [0.15, 0.2) is 10.8 Å². The molecule has 27 heavy (non-hydrogen) atoms. The number of hydrogen-bond donors (Lipinski definition) is 1. The Kier molecular flexibility index (Phi) is 7.05. The van der Waals surface area contributed by atoms with Crippen molar-refractivity contribution < 1.29 is 9.53 Å². The number of ether oxygens (including phenoxy) is 1. The third kappa shape index (κ3) is 4.98. The van der Waals surface area contributed by atoms with Crippen LogP contribution >= 0.6 is 11.8 Å². The molecule has 1 amide bonds. The minimum absolute atomic E-state index is 0.100. The van der Waals surface area contributed by atoms with E-state index in [1.807, 2.05) is 17.8 Å². The quantitative estimate of drug-likeness (QED) is 0.418. The van der Waals surface area contributed by atoms with E-state index in [2.05, 4.69) is 22.2 Å². The second-order valence-electron chi connectivity index (χ2n) is 6.17. The number of rotatable bonds is 8. The molecule has 0 unspecified atom stereocenters. The summed E-state index contributed by atoms with van der Waals surface area (Å²) in [7, 11) is 0. The second kappa shape index (κ2) is 9.70. The zero-order valence-electron chi connectivity index (χ0n) is 15.8. The zero-order chi connectivity index (χ0) is 19.1. The van der Waals surface area contributed by atoms with Gasteiger partial charge in [-0.2, -0.15) is 5.10 Å². The van der Waals surface area contributed by atoms with E-state index in [4.69, 9.17) is 14.7 Å². The number of carbonyl (C=O) groups is 1. The van der Waals surface area contributed by atoms with E-state index in [0.717, 1.165) is 47.3 Å². The molecule has 1 saturated heterocycles. The van der Waals surface area contributed by atoms with Crippen LogP contribution in [-0.2, 0) is 16.1 Å². The molecule has 1 aliphatic heterocycles. The summed E-state index contributed by atoms with van der Waals surface area (Å²) in [6.45, 7) is 8.05. The van der Waals surface area contributed by atoms with E-state index in [1.165, 1.54) is 6.08 Å². The van der Waals surface area contributed by atoms with Crippen molar-refractivity contribution in [2.24, 2.45) is 0 Å². The topological polar surface area (TPSA) is 85.2 Å². The van der Waals surface area contributed by atoms with Crippen molar-refractivity contribution in [1.29, 1.82) is 0 Å². The van der Waals surface area contributed by atoms with Crippen LogP contribution in [0.15, 0.2) is 23.5 Å². The fourth-order valence-corrected chi connectivity index (χ4v) is 3.54. The number of nitrogens with one attached hydrogen (secondary N) is 1. The van der Waals surface area contributed by atoms with Crippen molar-refractivity contribution in [3.8, 4) is 0 Å². The van der Waals surface area contributed by atoms with Crippen LogP contribution in [0, 0.1) is 0 Å². The number of hydrogen-bond acceptors (Lipinski definition) is 7. The fourth-order valence-electron chi connectivity index (χ4n) is 2.85. The molecule has 1 fully saturated rings. The molecular weight excluding hydrogens is 364 g/mol. The lowest BCUT2D eigenvalue weighted by atomic mass is 10.3. The van der Waals surface area contributed by atoms with E-state index >= 15 is 0 Å². The Morgan fingerprint density at radius 2 is 2.19 bits per heavy atom. The number of amides is 1. The fraction of sp³-hybridized carbons (Fsp3) is 0.556. The van der Waals surface area contributed by atoms with Crippen molar-refractivity contribution in [2.45, 2.75) is 32.0 Å². The van der Waals surface area contributed by atoms with Crippen LogP contribution in [0.1, 0.15) is 20.3 Å². The summed E-state index contributed by atoms with van der Waals surface area (Å²) in [5.74, 6) is 1.80. The number of thioether (sulfide) groups is 1. The van der Waals surface area contributed by atoms with Gasteiger partial charge in [0.1, 0.15) is 5.82 Å². The smallest absolute Gasteiger partial charge is 0.243 e. The van der Waals surface area contributed by atoms with Crippen molar-refractivity contribution in [2.75, 3.05) is 43.5 Å². The summed E-state index contributed by atoms with van der Waals surface area (Å²) in [5, 5.41) is 9.06. The van der Waals surface area contributed by atoms with Crippen molar-refractivity contribution >= 4 is 34.5 Å². The Labute approximate surface area is 163 Å². The lowest BCUT2D eigenvalue weighted by molar-refractivity contribution is -0.116. The highest BCUT2D eigenvalue weighted by atomic mass is 32.2. The van der Waals surface area contributed by atoms with Crippen LogP contribution in [0.4, 0.5) is 5.82 Å². The number of anilines is 1. The summed E-state index contributed by atoms with van der Waals surface area (Å²) in [5.41, 5.74) is 0.811. The van der Waals surface area contributed by atoms with Crippen LogP contribution in [0.3, 0.4) is 0 Å². The summed E-state index contributed by atoms with van der Waals surface area (Å²) in [4.78, 5) is 23.4. The molecule has 2 aromatic heterocycles. The van der Waals surface area contributed by atoms with Gasteiger partial charge in [0.2, 0.25) is 5.91 Å². The first kappa shape index (κ1) is 19.6. The maximum absolute atomic E-state index is 11.6. The molecule has 0 spiro atoms. The molecule has 0 atom stereocenters. The molecule has 2 aromatic rings. The predicted molar refractivity (Wildman–Crippen MR) is 107 cm³/mol. The van der Waals surface area contributed by atoms with E-state index in [0.29, 0.717) is 26.3 Å². The van der Waals surface area contributed by atoms with Crippen molar-refractivity contribution in [3.63, 3.8) is 0 Å². The number of aromatic nitrogens is 4. The maximum Gasteiger partial charge on any atom is 0.243 e. The van der Waals surface area contributed by atoms with Crippen molar-refractivity contribution in [1.82, 2.24) is 25.1 Å². The molecule has 9 heteroatoms. The molecule has 0 radical (unpaired) electrons. The average molecular weight is 391 g/mol. The van der Waals surface area contributed by atoms with E-state index in [-0.39, 0.29) is 5.91 Å². The molecule has 3 rings (SSSR count). The summed E-state index contributed by atoms with van der Waals surface area (Å²) in [6.07, 6.45) is 6.12. The average Bonchev–Trinajstić information content (AvgIpc) is 3.09. The lowest BCUT2D eigenvalue weighted by Crippen LogP contribution is -2.37. The van der Waals surface area contributed by atoms with Crippen LogP contribution in [-0.4, -0.2) is 64.3 Å². The molecule has 0 saturated carbocycles. The first-order chi connectivity index (χ1) is 13.2. The highest BCUT2D eigenvalue weighted by Crippen LogP contribution is 2.28. The van der Waals surface area contributed by atoms with Gasteiger partial charge in [0.25, 0.3) is 0 Å². The van der Waals surface area contributed by atoms with Gasteiger partial charge in [0.05, 0.1) is 31.3 Å². The number of fused-ring (bicyclic) bond motifs is 1. The molecule has 1 N–H and O–H groups in total. The van der Waals surface area contributed by atoms with Gasteiger partial charge >= 0.3 is 0 Å². The number of allylic oxidation sites excluding steroid dienone is 1. The highest BCUT2D eigenvalue weighted by molar-refractivity contribution is 7.99. The van der Waals surface area contributed by atoms with Gasteiger partial charge in [-0.25, -0.2) is 14.6 Å². The Hall–Kier alpha value is -2.13. The SMILES string of the molecule is C/C=C\C(=O)NCCn1ncc2c(N3CCOCC3)nc(SCCC)nc21. The molecule has 0 aliphatic carbocycles. The lowest BCUT2D eigenvalue weighted by Gasteiger charge is -2.28. The van der Waals surface area contributed by atoms with E-state index in [9.17, 15) is 4.79 Å². The van der Waals surface area contributed by atoms with Gasteiger partial charge in [-0.05, 0) is 19.4 Å². The van der Waals surface area contributed by atoms with E-state index < -0.39 is 0 Å². The summed E-state index contributed by atoms with van der Waals surface area (Å²) in [6, 6.07) is 0. The molecule has 1 aliphatic rings. The van der Waals surface area contributed by atoms with Gasteiger partial charge in [-0.15, -0.1) is 0 Å². The highest BCUT2D eigenvalue weighted by Gasteiger charge is 2.20. The zero-order valence-corrected chi connectivity index (χ0v) is 16.7. The largest absolute Gasteiger partial charge is 0.378 e. The molecule has 146 valence electrons. The maximum atomic E-state index is 11.6. The molecule has 8 nitrogen and oxygen atoms in total. The molecular formula is C18H26N6O2S. The van der Waals surface area contributed by atoms with Crippen LogP contribution < -0.4 is 10.2 Å². The molecule has 3 heterocycles. The van der Waals surface area contributed by atoms with Gasteiger partial charge < -0.3 is 15.0 Å². The Balaban J connectivity index is 1.85. The summed E-state index contributed by atoms with van der Waals surface area (Å²) < 4.78 is 7.31. The standard InChI is InChI=1S/C18H26N6O2S/c1-3-5-15(25)19-6-7-24-17-14(13-20-24)16(23-8-10-26-11-9-23)21-18(22-17)27-12-4-2/h3,5,13H,4,6-12H2,1-2H3,(H,19,25)/b5-3-. The monoisotopic (exact) mass is 390 g/mol. The Morgan fingerprint density at radius 1 is 1.37 bits per heavy atom. The normalized spacial score (nSPS) is 15.0. The summed E-state index contributed by atoms with van der Waals surface area (Å²) >= 11 is 1.66. The van der Waals surface area contributed by atoms with Crippen molar-refractivity contribution in [3.05, 3.63) is 18.3 Å². The van der Waals surface area contributed by atoms with Gasteiger partial charge in [0, 0.05) is 25.4 Å². The molecule has 0 aromatic carbocycles. The third-order valence-electron chi connectivity index (χ3n) is 4.14. The third-order valence-corrected chi connectivity index (χ3v) is 5.20. The first-order valence-corrected chi connectivity index (χ1v) is 10.3. The number of carbonyl (C=O) groups excluding carboxylic acids is 1. The molecule has 0 bridgehead atoms. The van der Waals surface area contributed by atoms with Crippen LogP contribution in [0.25, 0.3) is 11.0 Å². The number of morpholine rings is 1. The van der Waals surface area contributed by atoms with E-state index in [1.54, 1.807) is 17.8 Å². The number of nitrogens with zero attached hydrogens (tertiary/aromatic N) is 5. The predicted octanol–water partition coefficient (Wildman–Crippen LogP) is 1.86. The minimum Gasteiger partial charge on any atom is -0.378 e. The Morgan fingerprint density at radius 3 is 2.93 bits per heavy atom. The van der Waals surface area contributed by atoms with Crippen LogP contribution in [0.2, 0.25) is 0 Å². The Bertz CT molecular complexity index is 800.